The van der Waals surface area contributed by atoms with Crippen LogP contribution in [0.5, 0.6) is 6.01 Å². The molecule has 1 aromatic rings. The van der Waals surface area contributed by atoms with Gasteiger partial charge in [-0.3, -0.25) is 0 Å². The van der Waals surface area contributed by atoms with Gasteiger partial charge in [-0.15, -0.1) is 5.10 Å². The zero-order valence-corrected chi connectivity index (χ0v) is 6.86. The lowest BCUT2D eigenvalue weighted by molar-refractivity contribution is 0.354. The summed E-state index contributed by atoms with van der Waals surface area (Å²) >= 11 is 0. The Labute approximate surface area is 69.6 Å². The number of hydrogen-bond acceptors (Lipinski definition) is 3. The first-order valence-electron chi connectivity index (χ1n) is 3.80. The van der Waals surface area contributed by atoms with Crippen LogP contribution < -0.4 is 10.4 Å². The minimum Gasteiger partial charge on any atom is -0.467 e. The smallest absolute Gasteiger partial charge is 0.349 e. The molecule has 1 aliphatic rings. The van der Waals surface area contributed by atoms with E-state index in [4.69, 9.17) is 4.74 Å². The highest BCUT2D eigenvalue weighted by Crippen LogP contribution is 2.35. The fourth-order valence-corrected chi connectivity index (χ4v) is 1.18. The fourth-order valence-electron chi connectivity index (χ4n) is 1.18. The molecule has 0 aliphatic heterocycles. The summed E-state index contributed by atoms with van der Waals surface area (Å²) in [5, 5.41) is 3.82. The van der Waals surface area contributed by atoms with Crippen LogP contribution in [0.4, 0.5) is 0 Å². The van der Waals surface area contributed by atoms with Crippen molar-refractivity contribution in [1.29, 1.82) is 0 Å². The third kappa shape index (κ3) is 0.929. The summed E-state index contributed by atoms with van der Waals surface area (Å²) < 4.78 is 7.54. The third-order valence-corrected chi connectivity index (χ3v) is 1.93. The second-order valence-corrected chi connectivity index (χ2v) is 2.87. The van der Waals surface area contributed by atoms with Gasteiger partial charge in [0.15, 0.2) is 0 Å². The van der Waals surface area contributed by atoms with Gasteiger partial charge in [0.05, 0.1) is 14.2 Å². The van der Waals surface area contributed by atoms with E-state index in [-0.39, 0.29) is 11.7 Å². The molecule has 0 spiro atoms. The lowest BCUT2D eigenvalue weighted by Crippen LogP contribution is -2.21. The van der Waals surface area contributed by atoms with Crippen LogP contribution in [0.2, 0.25) is 0 Å². The van der Waals surface area contributed by atoms with Crippen molar-refractivity contribution in [2.24, 2.45) is 0 Å². The minimum atomic E-state index is -0.200. The fraction of sp³-hybridized carbons (Fsp3) is 0.571. The Balaban J connectivity index is 2.53. The topological polar surface area (TPSA) is 49.0 Å². The molecule has 1 fully saturated rings. The van der Waals surface area contributed by atoms with Crippen molar-refractivity contribution in [3.63, 3.8) is 0 Å². The van der Waals surface area contributed by atoms with Crippen molar-refractivity contribution < 1.29 is 4.74 Å². The molecule has 0 amide bonds. The van der Waals surface area contributed by atoms with E-state index in [1.807, 2.05) is 0 Å². The summed E-state index contributed by atoms with van der Waals surface area (Å²) in [5.41, 5.74) is -0.200. The van der Waals surface area contributed by atoms with Crippen molar-refractivity contribution in [2.75, 3.05) is 7.11 Å². The molecule has 1 radical (unpaired) electrons. The Hall–Kier alpha value is -1.26. The van der Waals surface area contributed by atoms with E-state index in [1.54, 1.807) is 4.57 Å². The van der Waals surface area contributed by atoms with Crippen LogP contribution in [-0.2, 0) is 0 Å². The lowest BCUT2D eigenvalue weighted by Gasteiger charge is -1.99. The van der Waals surface area contributed by atoms with E-state index in [2.05, 4.69) is 12.1 Å². The molecule has 1 heterocycles. The normalized spacial score (nSPS) is 16.5. The zero-order valence-electron chi connectivity index (χ0n) is 6.86. The largest absolute Gasteiger partial charge is 0.467 e. The quantitative estimate of drug-likeness (QED) is 0.625. The van der Waals surface area contributed by atoms with Gasteiger partial charge in [0.2, 0.25) is 0 Å². The molecule has 0 unspecified atom stereocenters. The Morgan fingerprint density at radius 1 is 1.67 bits per heavy atom. The molecule has 12 heavy (non-hydrogen) atoms. The predicted molar refractivity (Wildman–Crippen MR) is 42.1 cm³/mol. The number of aromatic nitrogens is 3. The van der Waals surface area contributed by atoms with Crippen LogP contribution in [0.1, 0.15) is 18.9 Å². The molecule has 65 valence electrons. The molecular weight excluding hydrogens is 158 g/mol. The molecular formula is C7H10N3O2. The van der Waals surface area contributed by atoms with Crippen LogP contribution >= 0.6 is 0 Å². The second-order valence-electron chi connectivity index (χ2n) is 2.87. The predicted octanol–water partition coefficient (Wildman–Crippen LogP) is 0.0280. The molecule has 5 heteroatoms. The number of nitrogens with zero attached hydrogens (tertiary/aromatic N) is 3. The molecule has 0 bridgehead atoms. The first-order chi connectivity index (χ1) is 5.74. The van der Waals surface area contributed by atoms with Gasteiger partial charge in [-0.05, 0) is 12.8 Å². The van der Waals surface area contributed by atoms with E-state index >= 15 is 0 Å². The molecule has 1 aliphatic carbocycles. The average Bonchev–Trinajstić information content (AvgIpc) is 2.82. The highest BCUT2D eigenvalue weighted by atomic mass is 16.5. The van der Waals surface area contributed by atoms with Crippen LogP contribution in [-0.4, -0.2) is 21.5 Å². The first kappa shape index (κ1) is 7.39. The Morgan fingerprint density at radius 2 is 2.33 bits per heavy atom. The van der Waals surface area contributed by atoms with E-state index in [0.717, 1.165) is 17.5 Å². The lowest BCUT2D eigenvalue weighted by atomic mass is 10.7. The second kappa shape index (κ2) is 2.36. The molecule has 1 aromatic heterocycles. The van der Waals surface area contributed by atoms with Gasteiger partial charge in [0.1, 0.15) is 0 Å². The molecule has 1 saturated carbocycles. The highest BCUT2D eigenvalue weighted by molar-refractivity contribution is 5.01. The van der Waals surface area contributed by atoms with Crippen molar-refractivity contribution in [2.45, 2.75) is 18.9 Å². The first-order valence-corrected chi connectivity index (χ1v) is 3.80. The van der Waals surface area contributed by atoms with Gasteiger partial charge < -0.3 is 4.74 Å². The highest BCUT2D eigenvalue weighted by Gasteiger charge is 2.29. The Kier molecular flexibility index (Phi) is 1.46. The average molecular weight is 168 g/mol. The van der Waals surface area contributed by atoms with E-state index < -0.39 is 0 Å². The van der Waals surface area contributed by atoms with Crippen molar-refractivity contribution in [3.05, 3.63) is 17.5 Å². The van der Waals surface area contributed by atoms with E-state index in [9.17, 15) is 4.79 Å². The van der Waals surface area contributed by atoms with Gasteiger partial charge in [-0.1, -0.05) is 0 Å². The van der Waals surface area contributed by atoms with Crippen molar-refractivity contribution in [1.82, 2.24) is 14.3 Å². The Morgan fingerprint density at radius 3 is 2.83 bits per heavy atom. The molecule has 0 N–H and O–H groups in total. The standard InChI is InChI=1S/C7H10N3O2/c1-9-7(11)10(5-3-4-5)6(8-9)12-2/h5H,1,3-4H2,2H3. The number of rotatable bonds is 2. The van der Waals surface area contributed by atoms with Gasteiger partial charge in [-0.25, -0.2) is 14.0 Å². The van der Waals surface area contributed by atoms with Gasteiger partial charge >= 0.3 is 11.7 Å². The van der Waals surface area contributed by atoms with Crippen LogP contribution in [0, 0.1) is 7.05 Å². The van der Waals surface area contributed by atoms with Crippen LogP contribution in [0.25, 0.3) is 0 Å². The minimum absolute atomic E-state index is 0.200. The summed E-state index contributed by atoms with van der Waals surface area (Å²) in [7, 11) is 4.95. The third-order valence-electron chi connectivity index (χ3n) is 1.93. The monoisotopic (exact) mass is 168 g/mol. The maximum absolute atomic E-state index is 11.4. The summed E-state index contributed by atoms with van der Waals surface area (Å²) in [6, 6.07) is 0.639. The van der Waals surface area contributed by atoms with Gasteiger partial charge in [-0.2, -0.15) is 0 Å². The summed E-state index contributed by atoms with van der Waals surface area (Å²) in [6.45, 7) is 0. The zero-order chi connectivity index (χ0) is 8.72. The molecule has 0 saturated heterocycles. The van der Waals surface area contributed by atoms with Crippen LogP contribution in [0.15, 0.2) is 4.79 Å². The molecule has 0 aromatic carbocycles. The Bertz CT molecular complexity index is 348. The van der Waals surface area contributed by atoms with E-state index in [0.29, 0.717) is 6.01 Å². The number of hydrogen-bond donors (Lipinski definition) is 0. The number of ether oxygens (including phenoxy) is 1. The van der Waals surface area contributed by atoms with E-state index in [1.165, 1.54) is 7.11 Å². The molecule has 2 rings (SSSR count). The molecule has 0 atom stereocenters. The number of methoxy groups -OCH3 is 1. The molecule has 5 nitrogen and oxygen atoms in total. The van der Waals surface area contributed by atoms with Crippen LogP contribution in [0.3, 0.4) is 0 Å². The maximum Gasteiger partial charge on any atom is 0.349 e. The summed E-state index contributed by atoms with van der Waals surface area (Å²) in [5.74, 6) is 0. The van der Waals surface area contributed by atoms with Gasteiger partial charge in [0, 0.05) is 6.04 Å². The van der Waals surface area contributed by atoms with Crippen molar-refractivity contribution in [3.8, 4) is 6.01 Å². The maximum atomic E-state index is 11.4. The van der Waals surface area contributed by atoms with Gasteiger partial charge in [0.25, 0.3) is 0 Å². The summed E-state index contributed by atoms with van der Waals surface area (Å²) in [6.07, 6.45) is 2.06. The summed E-state index contributed by atoms with van der Waals surface area (Å²) in [4.78, 5) is 11.4. The SMILES string of the molecule is [CH2]n1nc(OC)n(C2CC2)c1=O. The van der Waals surface area contributed by atoms with Crippen molar-refractivity contribution >= 4 is 0 Å².